The minimum absolute atomic E-state index is 0.102. The van der Waals surface area contributed by atoms with E-state index in [9.17, 15) is 19.7 Å². The van der Waals surface area contributed by atoms with Crippen molar-refractivity contribution in [1.29, 1.82) is 0 Å². The van der Waals surface area contributed by atoms with E-state index in [4.69, 9.17) is 0 Å². The second-order valence-corrected chi connectivity index (χ2v) is 7.17. The van der Waals surface area contributed by atoms with Crippen LogP contribution in [0.25, 0.3) is 0 Å². The highest BCUT2D eigenvalue weighted by Gasteiger charge is 2.29. The third kappa shape index (κ3) is 4.42. The summed E-state index contributed by atoms with van der Waals surface area (Å²) in [5, 5.41) is 16.0. The first-order chi connectivity index (χ1) is 12.4. The Kier molecular flexibility index (Phi) is 5.27. The maximum atomic E-state index is 12.8. The van der Waals surface area contributed by atoms with Gasteiger partial charge >= 0.3 is 0 Å². The van der Waals surface area contributed by atoms with Gasteiger partial charge in [0.25, 0.3) is 11.6 Å². The molecule has 2 amide bonds. The van der Waals surface area contributed by atoms with Gasteiger partial charge in [0.15, 0.2) is 5.13 Å². The van der Waals surface area contributed by atoms with Crippen LogP contribution < -0.4 is 5.32 Å². The zero-order chi connectivity index (χ0) is 18.7. The Morgan fingerprint density at radius 2 is 2.19 bits per heavy atom. The fourth-order valence-electron chi connectivity index (χ4n) is 2.57. The number of anilines is 1. The van der Waals surface area contributed by atoms with Gasteiger partial charge in [-0.1, -0.05) is 6.07 Å². The van der Waals surface area contributed by atoms with Crippen LogP contribution in [-0.4, -0.2) is 39.7 Å². The third-order valence-electron chi connectivity index (χ3n) is 4.13. The smallest absolute Gasteiger partial charge is 0.273 e. The number of hydrogen-bond acceptors (Lipinski definition) is 6. The first kappa shape index (κ1) is 18.0. The van der Waals surface area contributed by atoms with E-state index in [1.54, 1.807) is 30.6 Å². The number of nitro groups is 1. The summed E-state index contributed by atoms with van der Waals surface area (Å²) in [5.74, 6) is -0.336. The maximum Gasteiger partial charge on any atom is 0.273 e. The molecule has 1 aliphatic rings. The van der Waals surface area contributed by atoms with Crippen LogP contribution in [0.2, 0.25) is 0 Å². The molecule has 0 unspecified atom stereocenters. The van der Waals surface area contributed by atoms with Crippen molar-refractivity contribution in [3.8, 4) is 0 Å². The second kappa shape index (κ2) is 7.61. The number of carbonyl (C=O) groups is 2. The zero-order valence-corrected chi connectivity index (χ0v) is 15.0. The Morgan fingerprint density at radius 1 is 1.42 bits per heavy atom. The number of aryl methyl sites for hydroxylation is 1. The molecule has 1 saturated carbocycles. The molecule has 0 radical (unpaired) electrons. The molecule has 136 valence electrons. The van der Waals surface area contributed by atoms with E-state index in [-0.39, 0.29) is 29.6 Å². The normalized spacial score (nSPS) is 13.3. The van der Waals surface area contributed by atoms with Crippen molar-refractivity contribution in [3.63, 3.8) is 0 Å². The van der Waals surface area contributed by atoms with E-state index in [1.807, 2.05) is 0 Å². The molecule has 1 heterocycles. The fraction of sp³-hybridized carbons (Fsp3) is 0.353. The van der Waals surface area contributed by atoms with Crippen molar-refractivity contribution in [3.05, 3.63) is 51.0 Å². The van der Waals surface area contributed by atoms with Crippen LogP contribution in [0.15, 0.2) is 29.8 Å². The SMILES string of the molecule is Cc1ccc(C(=O)N(CC(=O)Nc2nccs2)CC2CC2)cc1[N+](=O)[O-]. The van der Waals surface area contributed by atoms with Crippen molar-refractivity contribution in [2.24, 2.45) is 5.92 Å². The topological polar surface area (TPSA) is 105 Å². The lowest BCUT2D eigenvalue weighted by Crippen LogP contribution is -2.39. The Hall–Kier alpha value is -2.81. The fourth-order valence-corrected chi connectivity index (χ4v) is 3.12. The number of rotatable bonds is 7. The van der Waals surface area contributed by atoms with Crippen molar-refractivity contribution in [1.82, 2.24) is 9.88 Å². The Labute approximate surface area is 154 Å². The Bertz CT molecular complexity index is 833. The van der Waals surface area contributed by atoms with Crippen LogP contribution in [0.1, 0.15) is 28.8 Å². The van der Waals surface area contributed by atoms with Gasteiger partial charge in [0, 0.05) is 35.3 Å². The largest absolute Gasteiger partial charge is 0.329 e. The quantitative estimate of drug-likeness (QED) is 0.592. The number of nitrogens with one attached hydrogen (secondary N) is 1. The summed E-state index contributed by atoms with van der Waals surface area (Å²) in [6, 6.07) is 4.38. The summed E-state index contributed by atoms with van der Waals surface area (Å²) < 4.78 is 0. The molecule has 2 aromatic rings. The molecule has 1 aliphatic carbocycles. The van der Waals surface area contributed by atoms with Gasteiger partial charge in [-0.05, 0) is 31.7 Å². The molecule has 26 heavy (non-hydrogen) atoms. The molecule has 0 atom stereocenters. The van der Waals surface area contributed by atoms with Crippen LogP contribution >= 0.6 is 11.3 Å². The van der Waals surface area contributed by atoms with E-state index < -0.39 is 4.92 Å². The van der Waals surface area contributed by atoms with Crippen molar-refractivity contribution in [2.45, 2.75) is 19.8 Å². The summed E-state index contributed by atoms with van der Waals surface area (Å²) in [6.07, 6.45) is 3.62. The van der Waals surface area contributed by atoms with Crippen LogP contribution in [0.3, 0.4) is 0 Å². The minimum atomic E-state index is -0.507. The highest BCUT2D eigenvalue weighted by molar-refractivity contribution is 7.13. The summed E-state index contributed by atoms with van der Waals surface area (Å²) in [6.45, 7) is 1.97. The van der Waals surface area contributed by atoms with Gasteiger partial charge in [-0.3, -0.25) is 19.7 Å². The molecular weight excluding hydrogens is 356 g/mol. The highest BCUT2D eigenvalue weighted by atomic mass is 32.1. The van der Waals surface area contributed by atoms with Gasteiger partial charge in [0.2, 0.25) is 5.91 Å². The van der Waals surface area contributed by atoms with Crippen molar-refractivity contribution >= 4 is 34.0 Å². The lowest BCUT2D eigenvalue weighted by Gasteiger charge is -2.22. The van der Waals surface area contributed by atoms with E-state index in [0.717, 1.165) is 12.8 Å². The van der Waals surface area contributed by atoms with Crippen molar-refractivity contribution < 1.29 is 14.5 Å². The van der Waals surface area contributed by atoms with Gasteiger partial charge < -0.3 is 10.2 Å². The number of carbonyl (C=O) groups excluding carboxylic acids is 2. The van der Waals surface area contributed by atoms with Crippen LogP contribution in [0.4, 0.5) is 10.8 Å². The van der Waals surface area contributed by atoms with Crippen LogP contribution in [0.5, 0.6) is 0 Å². The van der Waals surface area contributed by atoms with E-state index in [1.165, 1.54) is 22.3 Å². The van der Waals surface area contributed by atoms with Gasteiger partial charge in [0.05, 0.1) is 4.92 Å². The van der Waals surface area contributed by atoms with Crippen LogP contribution in [-0.2, 0) is 4.79 Å². The average Bonchev–Trinajstić information content (AvgIpc) is 3.27. The minimum Gasteiger partial charge on any atom is -0.329 e. The Morgan fingerprint density at radius 3 is 2.81 bits per heavy atom. The number of aromatic nitrogens is 1. The lowest BCUT2D eigenvalue weighted by atomic mass is 10.1. The molecule has 0 saturated heterocycles. The van der Waals surface area contributed by atoms with E-state index in [0.29, 0.717) is 23.2 Å². The van der Waals surface area contributed by atoms with Gasteiger partial charge in [-0.2, -0.15) is 0 Å². The average molecular weight is 374 g/mol. The monoisotopic (exact) mass is 374 g/mol. The molecule has 9 heteroatoms. The van der Waals surface area contributed by atoms with E-state index in [2.05, 4.69) is 10.3 Å². The first-order valence-electron chi connectivity index (χ1n) is 8.17. The summed E-state index contributed by atoms with van der Waals surface area (Å²) in [7, 11) is 0. The molecule has 1 N–H and O–H groups in total. The maximum absolute atomic E-state index is 12.8. The summed E-state index contributed by atoms with van der Waals surface area (Å²) >= 11 is 1.29. The lowest BCUT2D eigenvalue weighted by molar-refractivity contribution is -0.385. The van der Waals surface area contributed by atoms with Gasteiger partial charge in [-0.25, -0.2) is 4.98 Å². The van der Waals surface area contributed by atoms with E-state index >= 15 is 0 Å². The molecule has 1 aromatic carbocycles. The van der Waals surface area contributed by atoms with Gasteiger partial charge in [-0.15, -0.1) is 11.3 Å². The molecule has 8 nitrogen and oxygen atoms in total. The molecule has 0 aliphatic heterocycles. The number of amides is 2. The molecular formula is C17H18N4O4S. The predicted molar refractivity (Wildman–Crippen MR) is 97.2 cm³/mol. The summed E-state index contributed by atoms with van der Waals surface area (Å²) in [4.78, 5) is 41.1. The molecule has 0 spiro atoms. The highest BCUT2D eigenvalue weighted by Crippen LogP contribution is 2.30. The van der Waals surface area contributed by atoms with Gasteiger partial charge in [0.1, 0.15) is 6.54 Å². The zero-order valence-electron chi connectivity index (χ0n) is 14.2. The molecule has 0 bridgehead atoms. The number of nitrogens with zero attached hydrogens (tertiary/aromatic N) is 3. The molecule has 3 rings (SSSR count). The number of nitro benzene ring substituents is 1. The molecule has 1 aromatic heterocycles. The first-order valence-corrected chi connectivity index (χ1v) is 9.05. The van der Waals surface area contributed by atoms with Crippen LogP contribution in [0, 0.1) is 23.0 Å². The second-order valence-electron chi connectivity index (χ2n) is 6.27. The summed E-state index contributed by atoms with van der Waals surface area (Å²) in [5.41, 5.74) is 0.598. The van der Waals surface area contributed by atoms with Crippen molar-refractivity contribution in [2.75, 3.05) is 18.4 Å². The number of thiazole rings is 1. The number of hydrogen-bond donors (Lipinski definition) is 1. The number of benzene rings is 1. The molecule has 1 fully saturated rings. The predicted octanol–water partition coefficient (Wildman–Crippen LogP) is 2.85. The third-order valence-corrected chi connectivity index (χ3v) is 4.82. The standard InChI is InChI=1S/C17H18N4O4S/c1-11-2-5-13(8-14(11)21(24)25)16(23)20(9-12-3-4-12)10-15(22)19-17-18-6-7-26-17/h2,5-8,12H,3-4,9-10H2,1H3,(H,18,19,22). The Balaban J connectivity index is 1.76.